The topological polar surface area (TPSA) is 63.2 Å². The lowest BCUT2D eigenvalue weighted by molar-refractivity contribution is -0.122. The van der Waals surface area contributed by atoms with E-state index in [9.17, 15) is 4.79 Å². The third-order valence-corrected chi connectivity index (χ3v) is 4.65. The first-order valence-corrected chi connectivity index (χ1v) is 9.14. The van der Waals surface area contributed by atoms with Gasteiger partial charge in [0.2, 0.25) is 5.91 Å². The molecule has 0 unspecified atom stereocenters. The van der Waals surface area contributed by atoms with E-state index < -0.39 is 0 Å². The lowest BCUT2D eigenvalue weighted by atomic mass is 9.87. The van der Waals surface area contributed by atoms with E-state index in [-0.39, 0.29) is 17.2 Å². The Bertz CT molecular complexity index is 727. The fourth-order valence-corrected chi connectivity index (χ4v) is 2.95. The van der Waals surface area contributed by atoms with Crippen LogP contribution < -0.4 is 10.6 Å². The molecule has 2 heterocycles. The second-order valence-corrected chi connectivity index (χ2v) is 7.76. The molecule has 5 nitrogen and oxygen atoms in total. The number of carbonyl (C=O) groups excluding carboxylic acids is 1. The number of aromatic nitrogens is 1. The lowest BCUT2D eigenvalue weighted by Gasteiger charge is -2.21. The number of amides is 1. The van der Waals surface area contributed by atoms with Crippen molar-refractivity contribution in [1.29, 1.82) is 0 Å². The average Bonchev–Trinajstić information content (AvgIpc) is 2.64. The van der Waals surface area contributed by atoms with Gasteiger partial charge in [-0.3, -0.25) is 4.79 Å². The summed E-state index contributed by atoms with van der Waals surface area (Å²) in [5, 5.41) is 6.23. The second kappa shape index (κ2) is 7.87. The Balaban J connectivity index is 1.58. The molecule has 26 heavy (non-hydrogen) atoms. The molecular formula is C21H27N3O2. The Labute approximate surface area is 155 Å². The zero-order valence-corrected chi connectivity index (χ0v) is 15.7. The van der Waals surface area contributed by atoms with Crippen LogP contribution in [0.2, 0.25) is 0 Å². The molecule has 0 radical (unpaired) electrons. The zero-order valence-electron chi connectivity index (χ0n) is 15.7. The smallest absolute Gasteiger partial charge is 0.228 e. The minimum atomic E-state index is 0.0182. The number of hydrogen-bond donors (Lipinski definition) is 2. The molecule has 0 aliphatic carbocycles. The molecule has 2 N–H and O–H groups in total. The molecule has 0 bridgehead atoms. The molecule has 138 valence electrons. The Morgan fingerprint density at radius 1 is 1.04 bits per heavy atom. The highest BCUT2D eigenvalue weighted by molar-refractivity contribution is 5.91. The quantitative estimate of drug-likeness (QED) is 0.850. The van der Waals surface area contributed by atoms with Gasteiger partial charge in [0.1, 0.15) is 5.82 Å². The third-order valence-electron chi connectivity index (χ3n) is 4.65. The molecule has 1 aromatic carbocycles. The summed E-state index contributed by atoms with van der Waals surface area (Å²) >= 11 is 0. The van der Waals surface area contributed by atoms with Gasteiger partial charge in [-0.25, -0.2) is 4.98 Å². The van der Waals surface area contributed by atoms with Gasteiger partial charge < -0.3 is 15.4 Å². The summed E-state index contributed by atoms with van der Waals surface area (Å²) < 4.78 is 5.29. The van der Waals surface area contributed by atoms with Crippen LogP contribution in [0.25, 0.3) is 0 Å². The van der Waals surface area contributed by atoms with Crippen molar-refractivity contribution >= 4 is 23.1 Å². The van der Waals surface area contributed by atoms with Crippen LogP contribution in [0.4, 0.5) is 17.2 Å². The Morgan fingerprint density at radius 2 is 1.69 bits per heavy atom. The van der Waals surface area contributed by atoms with Crippen molar-refractivity contribution in [1.82, 2.24) is 4.98 Å². The van der Waals surface area contributed by atoms with Gasteiger partial charge in [0.25, 0.3) is 0 Å². The van der Waals surface area contributed by atoms with E-state index in [0.29, 0.717) is 19.0 Å². The molecular weight excluding hydrogens is 326 g/mol. The summed E-state index contributed by atoms with van der Waals surface area (Å²) in [4.78, 5) is 16.6. The average molecular weight is 353 g/mol. The summed E-state index contributed by atoms with van der Waals surface area (Å²) in [6.45, 7) is 7.91. The number of hydrogen-bond acceptors (Lipinski definition) is 4. The van der Waals surface area contributed by atoms with Crippen LogP contribution >= 0.6 is 0 Å². The number of rotatable bonds is 4. The number of anilines is 3. The van der Waals surface area contributed by atoms with Crippen molar-refractivity contribution in [2.24, 2.45) is 5.92 Å². The van der Waals surface area contributed by atoms with Crippen molar-refractivity contribution in [3.63, 3.8) is 0 Å². The Kier molecular flexibility index (Phi) is 5.57. The minimum absolute atomic E-state index is 0.0182. The molecule has 1 amide bonds. The highest BCUT2D eigenvalue weighted by Crippen LogP contribution is 2.25. The standard InChI is InChI=1S/C21H27N3O2/c1-21(2,3)16-4-6-17(7-5-16)23-18-8-9-19(22-14-18)24-20(25)15-10-12-26-13-11-15/h4-9,14-15,23H,10-13H2,1-3H3,(H,22,24,25). The van der Waals surface area contributed by atoms with E-state index in [1.807, 2.05) is 12.1 Å². The maximum Gasteiger partial charge on any atom is 0.228 e. The fourth-order valence-electron chi connectivity index (χ4n) is 2.95. The van der Waals surface area contributed by atoms with Gasteiger partial charge in [0.15, 0.2) is 0 Å². The van der Waals surface area contributed by atoms with Gasteiger partial charge in [-0.05, 0) is 48.1 Å². The molecule has 5 heteroatoms. The van der Waals surface area contributed by atoms with E-state index in [1.165, 1.54) is 5.56 Å². The first-order valence-electron chi connectivity index (χ1n) is 9.14. The Hall–Kier alpha value is -2.40. The van der Waals surface area contributed by atoms with Crippen LogP contribution in [-0.4, -0.2) is 24.1 Å². The minimum Gasteiger partial charge on any atom is -0.381 e. The van der Waals surface area contributed by atoms with Gasteiger partial charge in [-0.15, -0.1) is 0 Å². The normalized spacial score (nSPS) is 15.5. The van der Waals surface area contributed by atoms with Gasteiger partial charge in [0, 0.05) is 24.8 Å². The third kappa shape index (κ3) is 4.82. The number of benzene rings is 1. The molecule has 0 spiro atoms. The van der Waals surface area contributed by atoms with Crippen molar-refractivity contribution in [2.45, 2.75) is 39.0 Å². The summed E-state index contributed by atoms with van der Waals surface area (Å²) in [7, 11) is 0. The fraction of sp³-hybridized carbons (Fsp3) is 0.429. The van der Waals surface area contributed by atoms with Gasteiger partial charge >= 0.3 is 0 Å². The lowest BCUT2D eigenvalue weighted by Crippen LogP contribution is -2.28. The van der Waals surface area contributed by atoms with Gasteiger partial charge in [-0.2, -0.15) is 0 Å². The molecule has 0 saturated carbocycles. The largest absolute Gasteiger partial charge is 0.381 e. The molecule has 1 aromatic heterocycles. The van der Waals surface area contributed by atoms with E-state index in [2.05, 4.69) is 60.7 Å². The van der Waals surface area contributed by atoms with E-state index in [4.69, 9.17) is 4.74 Å². The van der Waals surface area contributed by atoms with Gasteiger partial charge in [0.05, 0.1) is 11.9 Å². The highest BCUT2D eigenvalue weighted by atomic mass is 16.5. The number of nitrogens with one attached hydrogen (secondary N) is 2. The first-order chi connectivity index (χ1) is 12.4. The summed E-state index contributed by atoms with van der Waals surface area (Å²) in [5.41, 5.74) is 3.34. The van der Waals surface area contributed by atoms with Crippen molar-refractivity contribution in [3.05, 3.63) is 48.2 Å². The van der Waals surface area contributed by atoms with Crippen molar-refractivity contribution in [2.75, 3.05) is 23.8 Å². The molecule has 1 aliphatic rings. The van der Waals surface area contributed by atoms with Crippen LogP contribution in [0.3, 0.4) is 0 Å². The number of nitrogens with zero attached hydrogens (tertiary/aromatic N) is 1. The predicted octanol–water partition coefficient (Wildman–Crippen LogP) is 4.49. The van der Waals surface area contributed by atoms with Crippen LogP contribution in [0, 0.1) is 5.92 Å². The molecule has 2 aromatic rings. The van der Waals surface area contributed by atoms with Crippen LogP contribution in [0.15, 0.2) is 42.6 Å². The molecule has 1 fully saturated rings. The highest BCUT2D eigenvalue weighted by Gasteiger charge is 2.21. The maximum atomic E-state index is 12.2. The van der Waals surface area contributed by atoms with Crippen molar-refractivity contribution in [3.8, 4) is 0 Å². The number of carbonyl (C=O) groups is 1. The van der Waals surface area contributed by atoms with Crippen LogP contribution in [0.1, 0.15) is 39.2 Å². The van der Waals surface area contributed by atoms with E-state index in [1.54, 1.807) is 6.20 Å². The second-order valence-electron chi connectivity index (χ2n) is 7.76. The molecule has 1 aliphatic heterocycles. The van der Waals surface area contributed by atoms with E-state index in [0.717, 1.165) is 24.2 Å². The summed E-state index contributed by atoms with van der Waals surface area (Å²) in [6.07, 6.45) is 3.28. The summed E-state index contributed by atoms with van der Waals surface area (Å²) in [6, 6.07) is 12.2. The van der Waals surface area contributed by atoms with Crippen LogP contribution in [0.5, 0.6) is 0 Å². The van der Waals surface area contributed by atoms with Gasteiger partial charge in [-0.1, -0.05) is 32.9 Å². The maximum absolute atomic E-state index is 12.2. The molecule has 3 rings (SSSR count). The number of ether oxygens (including phenoxy) is 1. The first kappa shape index (κ1) is 18.4. The zero-order chi connectivity index (χ0) is 18.6. The van der Waals surface area contributed by atoms with E-state index >= 15 is 0 Å². The SMILES string of the molecule is CC(C)(C)c1ccc(Nc2ccc(NC(=O)C3CCOCC3)nc2)cc1. The summed E-state index contributed by atoms with van der Waals surface area (Å²) in [5.74, 6) is 0.624. The Morgan fingerprint density at radius 3 is 2.27 bits per heavy atom. The van der Waals surface area contributed by atoms with Crippen LogP contribution in [-0.2, 0) is 14.9 Å². The monoisotopic (exact) mass is 353 g/mol. The number of pyridine rings is 1. The molecule has 0 atom stereocenters. The van der Waals surface area contributed by atoms with Crippen molar-refractivity contribution < 1.29 is 9.53 Å². The molecule has 1 saturated heterocycles. The predicted molar refractivity (Wildman–Crippen MR) is 105 cm³/mol.